The molecule has 0 bridgehead atoms. The molecular weight excluding hydrogens is 180 g/mol. The predicted molar refractivity (Wildman–Crippen MR) is 36.7 cm³/mol. The lowest BCUT2D eigenvalue weighted by atomic mass is 10.5. The van der Waals surface area contributed by atoms with Crippen molar-refractivity contribution in [3.05, 3.63) is 0 Å². The molecule has 0 aromatic carbocycles. The Balaban J connectivity index is -0.000000117. The molecule has 0 aromatic heterocycles. The van der Waals surface area contributed by atoms with Gasteiger partial charge in [-0.2, -0.15) is 0 Å². The Bertz CT molecular complexity index is 142. The molecule has 0 saturated heterocycles. The largest absolute Gasteiger partial charge is 0.550 e. The molecule has 0 spiro atoms. The van der Waals surface area contributed by atoms with Gasteiger partial charge in [-0.1, -0.05) is 6.92 Å². The van der Waals surface area contributed by atoms with Crippen molar-refractivity contribution in [3.63, 3.8) is 0 Å². The van der Waals surface area contributed by atoms with E-state index in [2.05, 4.69) is 0 Å². The Hall–Kier alpha value is -1.59. The van der Waals surface area contributed by atoms with Crippen LogP contribution < -0.4 is 15.3 Å². The van der Waals surface area contributed by atoms with Crippen LogP contribution in [0.15, 0.2) is 0 Å². The summed E-state index contributed by atoms with van der Waals surface area (Å²) in [6.07, 6.45) is 0.111. The van der Waals surface area contributed by atoms with Crippen molar-refractivity contribution in [2.75, 3.05) is 0 Å². The monoisotopic (exact) mass is 191 g/mol. The summed E-state index contributed by atoms with van der Waals surface area (Å²) in [5.41, 5.74) is 0. The van der Waals surface area contributed by atoms with Gasteiger partial charge in [0.25, 0.3) is 0 Å². The van der Waals surface area contributed by atoms with E-state index < -0.39 is 17.9 Å². The number of carbonyl (C=O) groups excluding carboxylic acids is 3. The van der Waals surface area contributed by atoms with E-state index in [1.807, 2.05) is 0 Å². The molecule has 0 aromatic rings. The second-order valence-corrected chi connectivity index (χ2v) is 1.71. The smallest absolute Gasteiger partial charge is 0.0411 e. The summed E-state index contributed by atoms with van der Waals surface area (Å²) in [7, 11) is 0. The van der Waals surface area contributed by atoms with Crippen LogP contribution in [-0.4, -0.2) is 17.9 Å². The number of hydrogen-bond acceptors (Lipinski definition) is 6. The SMILES string of the molecule is CC(=O)[O-].CC(=O)[O-].CCC(=O)[O-]. The fourth-order valence-electron chi connectivity index (χ4n) is 0. The Morgan fingerprint density at radius 3 is 1.00 bits per heavy atom. The van der Waals surface area contributed by atoms with Crippen molar-refractivity contribution in [1.82, 2.24) is 0 Å². The first-order chi connectivity index (χ1) is 5.73. The van der Waals surface area contributed by atoms with E-state index in [0.717, 1.165) is 13.8 Å². The number of carboxylic acids is 3. The van der Waals surface area contributed by atoms with Gasteiger partial charge in [-0.25, -0.2) is 0 Å². The van der Waals surface area contributed by atoms with Crippen molar-refractivity contribution in [1.29, 1.82) is 0 Å². The van der Waals surface area contributed by atoms with E-state index in [-0.39, 0.29) is 6.42 Å². The van der Waals surface area contributed by atoms with Crippen molar-refractivity contribution < 1.29 is 29.7 Å². The quantitative estimate of drug-likeness (QED) is 0.427. The molecular formula is C7H11O6-3. The lowest BCUT2D eigenvalue weighted by molar-refractivity contribution is -0.305. The third-order valence-corrected chi connectivity index (χ3v) is 0.289. The van der Waals surface area contributed by atoms with E-state index in [9.17, 15) is 9.90 Å². The zero-order valence-corrected chi connectivity index (χ0v) is 7.66. The minimum atomic E-state index is -1.08. The zero-order valence-electron chi connectivity index (χ0n) is 7.66. The highest BCUT2D eigenvalue weighted by molar-refractivity contribution is 5.63. The maximum atomic E-state index is 9.26. The molecule has 6 nitrogen and oxygen atoms in total. The number of carbonyl (C=O) groups is 3. The van der Waals surface area contributed by atoms with Crippen LogP contribution in [-0.2, 0) is 14.4 Å². The molecule has 13 heavy (non-hydrogen) atoms. The average molecular weight is 191 g/mol. The first-order valence-corrected chi connectivity index (χ1v) is 3.29. The molecule has 6 heteroatoms. The predicted octanol–water partition coefficient (Wildman–Crippen LogP) is -3.34. The van der Waals surface area contributed by atoms with Crippen LogP contribution in [0.3, 0.4) is 0 Å². The third kappa shape index (κ3) is 4380. The minimum absolute atomic E-state index is 0.111. The summed E-state index contributed by atoms with van der Waals surface area (Å²) in [6, 6.07) is 0. The standard InChI is InChI=1S/C3H6O2.2C2H4O2/c1-2-3(4)5;2*1-2(3)4/h2H2,1H3,(H,4,5);2*1H3,(H,3,4)/p-3. The molecule has 0 amide bonds. The molecule has 78 valence electrons. The van der Waals surface area contributed by atoms with Crippen molar-refractivity contribution in [2.24, 2.45) is 0 Å². The Morgan fingerprint density at radius 1 is 0.923 bits per heavy atom. The number of rotatable bonds is 1. The lowest BCUT2D eigenvalue weighted by Gasteiger charge is -1.87. The third-order valence-electron chi connectivity index (χ3n) is 0.289. The maximum absolute atomic E-state index is 9.26. The van der Waals surface area contributed by atoms with E-state index in [0.29, 0.717) is 0 Å². The van der Waals surface area contributed by atoms with E-state index in [4.69, 9.17) is 19.8 Å². The van der Waals surface area contributed by atoms with Crippen LogP contribution in [0.4, 0.5) is 0 Å². The molecule has 0 saturated carbocycles. The summed E-state index contributed by atoms with van der Waals surface area (Å²) in [5.74, 6) is -3.16. The zero-order chi connectivity index (χ0) is 11.4. The highest BCUT2D eigenvalue weighted by atomic mass is 16.4. The minimum Gasteiger partial charge on any atom is -0.550 e. The van der Waals surface area contributed by atoms with E-state index in [1.54, 1.807) is 0 Å². The molecule has 0 aliphatic heterocycles. The fourth-order valence-corrected chi connectivity index (χ4v) is 0. The highest BCUT2D eigenvalue weighted by Crippen LogP contribution is 1.61. The normalized spacial score (nSPS) is 6.69. The van der Waals surface area contributed by atoms with Gasteiger partial charge in [0.05, 0.1) is 0 Å². The van der Waals surface area contributed by atoms with E-state index >= 15 is 0 Å². The average Bonchev–Trinajstić information content (AvgIpc) is 1.84. The van der Waals surface area contributed by atoms with Gasteiger partial charge in [0.15, 0.2) is 0 Å². The topological polar surface area (TPSA) is 120 Å². The molecule has 0 unspecified atom stereocenters. The summed E-state index contributed by atoms with van der Waals surface area (Å²) < 4.78 is 0. The Morgan fingerprint density at radius 2 is 1.00 bits per heavy atom. The van der Waals surface area contributed by atoms with Crippen molar-refractivity contribution in [2.45, 2.75) is 27.2 Å². The van der Waals surface area contributed by atoms with Gasteiger partial charge >= 0.3 is 0 Å². The first kappa shape index (κ1) is 17.5. The van der Waals surface area contributed by atoms with Gasteiger partial charge in [0, 0.05) is 17.9 Å². The van der Waals surface area contributed by atoms with Crippen LogP contribution in [0.5, 0.6) is 0 Å². The second-order valence-electron chi connectivity index (χ2n) is 1.71. The Labute approximate surface area is 75.8 Å². The van der Waals surface area contributed by atoms with Crippen LogP contribution >= 0.6 is 0 Å². The number of carboxylic acid groups (broad SMARTS) is 3. The van der Waals surface area contributed by atoms with Crippen molar-refractivity contribution >= 4 is 17.9 Å². The van der Waals surface area contributed by atoms with Crippen LogP contribution in [0.25, 0.3) is 0 Å². The molecule has 0 aliphatic rings. The van der Waals surface area contributed by atoms with Crippen LogP contribution in [0, 0.1) is 0 Å². The van der Waals surface area contributed by atoms with Gasteiger partial charge in [-0.05, 0) is 20.3 Å². The van der Waals surface area contributed by atoms with Gasteiger partial charge in [0.1, 0.15) is 0 Å². The molecule has 0 aliphatic carbocycles. The molecule has 0 N–H and O–H groups in total. The van der Waals surface area contributed by atoms with Crippen LogP contribution in [0.1, 0.15) is 27.2 Å². The van der Waals surface area contributed by atoms with Crippen LogP contribution in [0.2, 0.25) is 0 Å². The molecule has 0 fully saturated rings. The number of hydrogen-bond donors (Lipinski definition) is 0. The molecule has 0 radical (unpaired) electrons. The summed E-state index contributed by atoms with van der Waals surface area (Å²) in [5, 5.41) is 27.0. The van der Waals surface area contributed by atoms with Gasteiger partial charge in [0.2, 0.25) is 0 Å². The second kappa shape index (κ2) is 13.0. The van der Waals surface area contributed by atoms with Gasteiger partial charge in [-0.15, -0.1) is 0 Å². The molecule has 0 heterocycles. The molecule has 0 atom stereocenters. The van der Waals surface area contributed by atoms with Crippen molar-refractivity contribution in [3.8, 4) is 0 Å². The number of aliphatic carboxylic acids is 3. The molecule has 0 rings (SSSR count). The maximum Gasteiger partial charge on any atom is 0.0411 e. The first-order valence-electron chi connectivity index (χ1n) is 3.29. The summed E-state index contributed by atoms with van der Waals surface area (Å²) in [4.78, 5) is 27.0. The Kier molecular flexibility index (Phi) is 17.5. The summed E-state index contributed by atoms with van der Waals surface area (Å²) in [6.45, 7) is 3.48. The summed E-state index contributed by atoms with van der Waals surface area (Å²) >= 11 is 0. The lowest BCUT2D eigenvalue weighted by Crippen LogP contribution is -2.19. The van der Waals surface area contributed by atoms with Gasteiger partial charge < -0.3 is 29.7 Å². The highest BCUT2D eigenvalue weighted by Gasteiger charge is 1.65. The van der Waals surface area contributed by atoms with E-state index in [1.165, 1.54) is 6.92 Å². The van der Waals surface area contributed by atoms with Gasteiger partial charge in [-0.3, -0.25) is 0 Å². The fraction of sp³-hybridized carbons (Fsp3) is 0.571.